The van der Waals surface area contributed by atoms with Crippen LogP contribution in [-0.4, -0.2) is 28.9 Å². The fourth-order valence-electron chi connectivity index (χ4n) is 5.34. The molecule has 1 N–H and O–H groups in total. The van der Waals surface area contributed by atoms with E-state index in [1.807, 2.05) is 12.1 Å². The molecule has 1 aliphatic carbocycles. The van der Waals surface area contributed by atoms with Gasteiger partial charge in [0.2, 0.25) is 5.91 Å². The topological polar surface area (TPSA) is 32.3 Å². The van der Waals surface area contributed by atoms with E-state index < -0.39 is 0 Å². The molecule has 4 rings (SSSR count). The van der Waals surface area contributed by atoms with Crippen LogP contribution in [0.15, 0.2) is 24.3 Å². The van der Waals surface area contributed by atoms with Gasteiger partial charge in [-0.3, -0.25) is 4.79 Å². The third-order valence-corrected chi connectivity index (χ3v) is 6.54. The molecule has 1 aromatic carbocycles. The van der Waals surface area contributed by atoms with Gasteiger partial charge in [-0.25, -0.2) is 4.39 Å². The van der Waals surface area contributed by atoms with Gasteiger partial charge in [0, 0.05) is 31.1 Å². The third kappa shape index (κ3) is 2.85. The highest BCUT2D eigenvalue weighted by Gasteiger charge is 2.52. The number of rotatable bonds is 3. The highest BCUT2D eigenvalue weighted by molar-refractivity contribution is 5.78. The Morgan fingerprint density at radius 1 is 1.17 bits per heavy atom. The van der Waals surface area contributed by atoms with Crippen LogP contribution in [0, 0.1) is 11.7 Å². The molecule has 0 unspecified atom stereocenters. The molecule has 3 atom stereocenters. The first-order valence-corrected chi connectivity index (χ1v) is 9.46. The van der Waals surface area contributed by atoms with Gasteiger partial charge in [0.05, 0.1) is 0 Å². The molecule has 3 nitrogen and oxygen atoms in total. The quantitative estimate of drug-likeness (QED) is 0.918. The van der Waals surface area contributed by atoms with E-state index in [2.05, 4.69) is 10.2 Å². The summed E-state index contributed by atoms with van der Waals surface area (Å²) in [4.78, 5) is 14.7. The third-order valence-electron chi connectivity index (χ3n) is 6.54. The van der Waals surface area contributed by atoms with Gasteiger partial charge < -0.3 is 10.2 Å². The van der Waals surface area contributed by atoms with Crippen molar-refractivity contribution in [2.45, 2.75) is 69.5 Å². The molecule has 0 bridgehead atoms. The van der Waals surface area contributed by atoms with Crippen molar-refractivity contribution in [1.82, 2.24) is 10.2 Å². The zero-order valence-corrected chi connectivity index (χ0v) is 14.3. The summed E-state index contributed by atoms with van der Waals surface area (Å²) in [6.45, 7) is 1.77. The lowest BCUT2D eigenvalue weighted by Gasteiger charge is -2.48. The predicted molar refractivity (Wildman–Crippen MR) is 91.9 cm³/mol. The first-order chi connectivity index (χ1) is 11.7. The molecular formula is C20H27FN2O. The van der Waals surface area contributed by atoms with Crippen LogP contribution >= 0.6 is 0 Å². The smallest absolute Gasteiger partial charge is 0.223 e. The van der Waals surface area contributed by atoms with Gasteiger partial charge in [0.1, 0.15) is 5.82 Å². The number of carbonyl (C=O) groups excluding carboxylic acids is 1. The van der Waals surface area contributed by atoms with Crippen LogP contribution in [-0.2, 0) is 11.3 Å². The van der Waals surface area contributed by atoms with E-state index >= 15 is 0 Å². The molecule has 3 aliphatic rings. The van der Waals surface area contributed by atoms with Gasteiger partial charge in [-0.1, -0.05) is 12.1 Å². The Balaban J connectivity index is 1.41. The first-order valence-electron chi connectivity index (χ1n) is 9.46. The molecule has 24 heavy (non-hydrogen) atoms. The molecule has 130 valence electrons. The summed E-state index contributed by atoms with van der Waals surface area (Å²) in [5, 5.41) is 3.67. The first kappa shape index (κ1) is 16.1. The second-order valence-electron chi connectivity index (χ2n) is 7.82. The molecule has 1 spiro atoms. The van der Waals surface area contributed by atoms with Gasteiger partial charge in [0.25, 0.3) is 0 Å². The van der Waals surface area contributed by atoms with Crippen molar-refractivity contribution in [2.24, 2.45) is 5.92 Å². The lowest BCUT2D eigenvalue weighted by Crippen LogP contribution is -2.55. The van der Waals surface area contributed by atoms with Crippen molar-refractivity contribution in [3.05, 3.63) is 35.6 Å². The van der Waals surface area contributed by atoms with Gasteiger partial charge in [-0.15, -0.1) is 0 Å². The van der Waals surface area contributed by atoms with Crippen LogP contribution in [0.25, 0.3) is 0 Å². The van der Waals surface area contributed by atoms with Gasteiger partial charge >= 0.3 is 0 Å². The number of benzene rings is 1. The Labute approximate surface area is 143 Å². The summed E-state index contributed by atoms with van der Waals surface area (Å²) in [7, 11) is 0. The molecular weight excluding hydrogens is 303 g/mol. The molecule has 2 heterocycles. The fourth-order valence-corrected chi connectivity index (χ4v) is 5.34. The molecule has 2 aliphatic heterocycles. The lowest BCUT2D eigenvalue weighted by atomic mass is 9.68. The van der Waals surface area contributed by atoms with Crippen LogP contribution in [0.3, 0.4) is 0 Å². The summed E-state index contributed by atoms with van der Waals surface area (Å²) in [6.07, 6.45) is 8.82. The van der Waals surface area contributed by atoms with Crippen LogP contribution in [0.4, 0.5) is 4.39 Å². The molecule has 0 radical (unpaired) electrons. The lowest BCUT2D eigenvalue weighted by molar-refractivity contribution is -0.137. The van der Waals surface area contributed by atoms with Gasteiger partial charge in [0.15, 0.2) is 0 Å². The minimum Gasteiger partial charge on any atom is -0.337 e. The van der Waals surface area contributed by atoms with Crippen molar-refractivity contribution in [3.63, 3.8) is 0 Å². The molecule has 3 fully saturated rings. The maximum atomic E-state index is 13.0. The summed E-state index contributed by atoms with van der Waals surface area (Å²) < 4.78 is 13.0. The predicted octanol–water partition coefficient (Wildman–Crippen LogP) is 3.63. The number of carbonyl (C=O) groups is 1. The minimum atomic E-state index is -0.178. The maximum Gasteiger partial charge on any atom is 0.223 e. The fraction of sp³-hybridized carbons (Fsp3) is 0.650. The molecule has 4 heteroatoms. The Bertz CT molecular complexity index is 602. The zero-order chi connectivity index (χ0) is 16.6. The van der Waals surface area contributed by atoms with Gasteiger partial charge in [-0.05, 0) is 68.6 Å². The van der Waals surface area contributed by atoms with Crippen LogP contribution in [0.5, 0.6) is 0 Å². The highest BCUT2D eigenvalue weighted by atomic mass is 19.1. The molecule has 1 saturated carbocycles. The normalized spacial score (nSPS) is 33.0. The van der Waals surface area contributed by atoms with Crippen molar-refractivity contribution < 1.29 is 9.18 Å². The molecule has 1 amide bonds. The highest BCUT2D eigenvalue weighted by Crippen LogP contribution is 2.49. The number of nitrogens with zero attached hydrogens (tertiary/aromatic N) is 1. The van der Waals surface area contributed by atoms with Crippen molar-refractivity contribution in [1.29, 1.82) is 0 Å². The van der Waals surface area contributed by atoms with Crippen molar-refractivity contribution >= 4 is 5.91 Å². The summed E-state index contributed by atoms with van der Waals surface area (Å²) in [5.41, 5.74) is 1.30. The van der Waals surface area contributed by atoms with E-state index in [-0.39, 0.29) is 11.4 Å². The zero-order valence-electron chi connectivity index (χ0n) is 14.3. The van der Waals surface area contributed by atoms with Crippen molar-refractivity contribution in [2.75, 3.05) is 6.54 Å². The Morgan fingerprint density at radius 3 is 2.83 bits per heavy atom. The van der Waals surface area contributed by atoms with Gasteiger partial charge in [-0.2, -0.15) is 0 Å². The van der Waals surface area contributed by atoms with E-state index in [0.717, 1.165) is 44.3 Å². The Morgan fingerprint density at radius 2 is 2.00 bits per heavy atom. The van der Waals surface area contributed by atoms with E-state index in [1.165, 1.54) is 37.8 Å². The number of amides is 1. The summed E-state index contributed by atoms with van der Waals surface area (Å²) in [6, 6.07) is 7.28. The SMILES string of the molecule is O=C1CCC[C@H]2C[C@H](NCc3ccc(F)cc3)CC[C@]23CCCN13. The van der Waals surface area contributed by atoms with E-state index in [4.69, 9.17) is 0 Å². The van der Waals surface area contributed by atoms with Crippen LogP contribution < -0.4 is 5.32 Å². The average molecular weight is 330 g/mol. The number of hydrogen-bond acceptors (Lipinski definition) is 2. The summed E-state index contributed by atoms with van der Waals surface area (Å²) in [5.74, 6) is 0.862. The van der Waals surface area contributed by atoms with E-state index in [1.54, 1.807) is 0 Å². The largest absolute Gasteiger partial charge is 0.337 e. The summed E-state index contributed by atoms with van der Waals surface area (Å²) >= 11 is 0. The maximum absolute atomic E-state index is 13.0. The minimum absolute atomic E-state index is 0.168. The number of nitrogens with one attached hydrogen (secondary N) is 1. The second-order valence-corrected chi connectivity index (χ2v) is 7.82. The number of hydrogen-bond donors (Lipinski definition) is 1. The molecule has 1 aromatic rings. The van der Waals surface area contributed by atoms with E-state index in [9.17, 15) is 9.18 Å². The molecule has 2 saturated heterocycles. The standard InChI is InChI=1S/C20H27FN2O/c21-17-7-5-15(6-8-17)14-22-18-9-11-20-10-2-12-23(20)19(24)4-1-3-16(20)13-18/h5-8,16,18,22H,1-4,9-14H2/t16-,18+,20+/m0/s1. The van der Waals surface area contributed by atoms with Crippen LogP contribution in [0.1, 0.15) is 56.9 Å². The molecule has 0 aromatic heterocycles. The Kier molecular flexibility index (Phi) is 4.33. The monoisotopic (exact) mass is 330 g/mol. The Hall–Kier alpha value is -1.42. The van der Waals surface area contributed by atoms with E-state index in [0.29, 0.717) is 17.9 Å². The average Bonchev–Trinajstić information content (AvgIpc) is 2.96. The van der Waals surface area contributed by atoms with Crippen molar-refractivity contribution in [3.8, 4) is 0 Å². The van der Waals surface area contributed by atoms with Crippen LogP contribution in [0.2, 0.25) is 0 Å². The second kappa shape index (κ2) is 6.47. The number of halogens is 1.